The Morgan fingerprint density at radius 3 is 2.38 bits per heavy atom. The van der Waals surface area contributed by atoms with Crippen LogP contribution in [0.25, 0.3) is 0 Å². The van der Waals surface area contributed by atoms with Crippen LogP contribution in [0.15, 0.2) is 70.7 Å². The first-order chi connectivity index (χ1) is 14.0. The van der Waals surface area contributed by atoms with Crippen LogP contribution < -0.4 is 0 Å². The van der Waals surface area contributed by atoms with Crippen LogP contribution in [0.2, 0.25) is 0 Å². The van der Waals surface area contributed by atoms with Crippen LogP contribution >= 0.6 is 11.3 Å². The van der Waals surface area contributed by atoms with Gasteiger partial charge in [0, 0.05) is 13.1 Å². The molecular weight excluding hydrogens is 384 g/mol. The Bertz CT molecular complexity index is 890. The highest BCUT2D eigenvalue weighted by molar-refractivity contribution is 7.12. The molecular formula is C23H26N2O3S. The SMILES string of the molecule is CC(C)CN(CC(=O)N(Cc1ccccc1)Cc1ccco1)C(=O)c1cccs1. The molecule has 0 aliphatic carbocycles. The molecule has 0 N–H and O–H groups in total. The molecule has 29 heavy (non-hydrogen) atoms. The van der Waals surface area contributed by atoms with Gasteiger partial charge < -0.3 is 14.2 Å². The van der Waals surface area contributed by atoms with Gasteiger partial charge in [0.2, 0.25) is 5.91 Å². The predicted molar refractivity (Wildman–Crippen MR) is 114 cm³/mol. The molecule has 2 aromatic heterocycles. The average Bonchev–Trinajstić information content (AvgIpc) is 3.41. The van der Waals surface area contributed by atoms with Gasteiger partial charge >= 0.3 is 0 Å². The van der Waals surface area contributed by atoms with Gasteiger partial charge in [-0.05, 0) is 35.1 Å². The van der Waals surface area contributed by atoms with Crippen molar-refractivity contribution in [1.29, 1.82) is 0 Å². The average molecular weight is 411 g/mol. The summed E-state index contributed by atoms with van der Waals surface area (Å²) in [7, 11) is 0. The minimum absolute atomic E-state index is 0.0441. The third-order valence-electron chi connectivity index (χ3n) is 4.43. The Kier molecular flexibility index (Phi) is 7.25. The van der Waals surface area contributed by atoms with Crippen molar-refractivity contribution in [2.24, 2.45) is 5.92 Å². The highest BCUT2D eigenvalue weighted by Crippen LogP contribution is 2.16. The molecule has 1 aromatic carbocycles. The summed E-state index contributed by atoms with van der Waals surface area (Å²) in [6.07, 6.45) is 1.60. The van der Waals surface area contributed by atoms with Crippen molar-refractivity contribution in [3.8, 4) is 0 Å². The zero-order valence-electron chi connectivity index (χ0n) is 16.8. The van der Waals surface area contributed by atoms with Gasteiger partial charge in [0.05, 0.1) is 17.7 Å². The van der Waals surface area contributed by atoms with Gasteiger partial charge in [-0.3, -0.25) is 9.59 Å². The van der Waals surface area contributed by atoms with E-state index in [-0.39, 0.29) is 24.3 Å². The van der Waals surface area contributed by atoms with Crippen molar-refractivity contribution in [1.82, 2.24) is 9.80 Å². The molecule has 0 saturated carbocycles. The second-order valence-electron chi connectivity index (χ2n) is 7.37. The minimum Gasteiger partial charge on any atom is -0.467 e. The van der Waals surface area contributed by atoms with Crippen LogP contribution in [0.1, 0.15) is 34.8 Å². The van der Waals surface area contributed by atoms with E-state index in [0.717, 1.165) is 5.56 Å². The highest BCUT2D eigenvalue weighted by Gasteiger charge is 2.24. The van der Waals surface area contributed by atoms with Crippen LogP contribution in [0, 0.1) is 5.92 Å². The standard InChI is InChI=1S/C23H26N2O3S/c1-18(2)14-25(23(27)21-11-7-13-29-21)17-22(26)24(16-20-10-6-12-28-20)15-19-8-4-3-5-9-19/h3-13,18H,14-17H2,1-2H3. The number of amides is 2. The van der Waals surface area contributed by atoms with Crippen LogP contribution in [0.5, 0.6) is 0 Å². The lowest BCUT2D eigenvalue weighted by Gasteiger charge is -2.28. The topological polar surface area (TPSA) is 53.8 Å². The Morgan fingerprint density at radius 2 is 1.76 bits per heavy atom. The van der Waals surface area contributed by atoms with E-state index in [1.165, 1.54) is 11.3 Å². The molecule has 0 fully saturated rings. The van der Waals surface area contributed by atoms with Gasteiger partial charge in [-0.1, -0.05) is 50.2 Å². The lowest BCUT2D eigenvalue weighted by Crippen LogP contribution is -2.43. The smallest absolute Gasteiger partial charge is 0.264 e. The van der Waals surface area contributed by atoms with Gasteiger partial charge in [0.1, 0.15) is 12.3 Å². The van der Waals surface area contributed by atoms with Crippen molar-refractivity contribution in [2.75, 3.05) is 13.1 Å². The molecule has 2 amide bonds. The summed E-state index contributed by atoms with van der Waals surface area (Å²) in [6.45, 7) is 5.49. The Balaban J connectivity index is 1.77. The summed E-state index contributed by atoms with van der Waals surface area (Å²) in [5.74, 6) is 0.782. The summed E-state index contributed by atoms with van der Waals surface area (Å²) in [4.78, 5) is 30.2. The van der Waals surface area contributed by atoms with E-state index in [9.17, 15) is 9.59 Å². The maximum atomic E-state index is 13.2. The molecule has 0 bridgehead atoms. The highest BCUT2D eigenvalue weighted by atomic mass is 32.1. The number of carbonyl (C=O) groups excluding carboxylic acids is 2. The van der Waals surface area contributed by atoms with E-state index >= 15 is 0 Å². The Morgan fingerprint density at radius 1 is 0.966 bits per heavy atom. The van der Waals surface area contributed by atoms with E-state index in [0.29, 0.717) is 30.3 Å². The normalized spacial score (nSPS) is 10.9. The van der Waals surface area contributed by atoms with Crippen molar-refractivity contribution >= 4 is 23.2 Å². The molecule has 0 aliphatic rings. The van der Waals surface area contributed by atoms with Crippen LogP contribution in [-0.4, -0.2) is 34.7 Å². The fourth-order valence-electron chi connectivity index (χ4n) is 3.11. The van der Waals surface area contributed by atoms with Gasteiger partial charge in [-0.25, -0.2) is 0 Å². The summed E-state index contributed by atoms with van der Waals surface area (Å²) in [5, 5.41) is 1.88. The lowest BCUT2D eigenvalue weighted by atomic mass is 10.2. The summed E-state index contributed by atoms with van der Waals surface area (Å²) >= 11 is 1.40. The second-order valence-corrected chi connectivity index (χ2v) is 8.32. The number of rotatable bonds is 9. The first kappa shape index (κ1) is 20.9. The van der Waals surface area contributed by atoms with E-state index in [2.05, 4.69) is 0 Å². The van der Waals surface area contributed by atoms with Crippen LogP contribution in [-0.2, 0) is 17.9 Å². The fraction of sp³-hybridized carbons (Fsp3) is 0.304. The van der Waals surface area contributed by atoms with Crippen molar-refractivity contribution in [2.45, 2.75) is 26.9 Å². The molecule has 0 unspecified atom stereocenters. The molecule has 3 aromatic rings. The molecule has 0 atom stereocenters. The minimum atomic E-state index is -0.101. The van der Waals surface area contributed by atoms with Gasteiger partial charge in [-0.2, -0.15) is 0 Å². The Hall–Kier alpha value is -2.86. The third kappa shape index (κ3) is 6.06. The molecule has 152 valence electrons. The summed E-state index contributed by atoms with van der Waals surface area (Å²) in [5.41, 5.74) is 1.03. The van der Waals surface area contributed by atoms with Gasteiger partial charge in [0.25, 0.3) is 5.91 Å². The number of thiophene rings is 1. The molecule has 0 spiro atoms. The van der Waals surface area contributed by atoms with E-state index in [4.69, 9.17) is 4.42 Å². The number of nitrogens with zero attached hydrogens (tertiary/aromatic N) is 2. The van der Waals surface area contributed by atoms with Crippen LogP contribution in [0.4, 0.5) is 0 Å². The zero-order chi connectivity index (χ0) is 20.6. The maximum Gasteiger partial charge on any atom is 0.264 e. The van der Waals surface area contributed by atoms with Gasteiger partial charge in [0.15, 0.2) is 0 Å². The molecule has 0 aliphatic heterocycles. The lowest BCUT2D eigenvalue weighted by molar-refractivity contribution is -0.133. The number of carbonyl (C=O) groups is 2. The molecule has 0 saturated heterocycles. The Labute approximate surface area is 175 Å². The largest absolute Gasteiger partial charge is 0.467 e. The van der Waals surface area contributed by atoms with Crippen molar-refractivity contribution in [3.63, 3.8) is 0 Å². The van der Waals surface area contributed by atoms with Crippen LogP contribution in [0.3, 0.4) is 0 Å². The first-order valence-corrected chi connectivity index (χ1v) is 10.6. The van der Waals surface area contributed by atoms with E-state index in [1.54, 1.807) is 22.1 Å². The summed E-state index contributed by atoms with van der Waals surface area (Å²) in [6, 6.07) is 17.2. The quantitative estimate of drug-likeness (QED) is 0.515. The fourth-order valence-corrected chi connectivity index (χ4v) is 3.80. The van der Waals surface area contributed by atoms with E-state index < -0.39 is 0 Å². The predicted octanol–water partition coefficient (Wildman–Crippen LogP) is 4.67. The van der Waals surface area contributed by atoms with E-state index in [1.807, 2.05) is 67.8 Å². The molecule has 2 heterocycles. The van der Waals surface area contributed by atoms with Crippen molar-refractivity contribution in [3.05, 3.63) is 82.4 Å². The zero-order valence-corrected chi connectivity index (χ0v) is 17.6. The maximum absolute atomic E-state index is 13.2. The second kappa shape index (κ2) is 10.1. The first-order valence-electron chi connectivity index (χ1n) is 9.70. The van der Waals surface area contributed by atoms with Crippen molar-refractivity contribution < 1.29 is 14.0 Å². The number of hydrogen-bond acceptors (Lipinski definition) is 4. The number of furan rings is 1. The molecule has 3 rings (SSSR count). The molecule has 5 nitrogen and oxygen atoms in total. The summed E-state index contributed by atoms with van der Waals surface area (Å²) < 4.78 is 5.45. The van der Waals surface area contributed by atoms with Gasteiger partial charge in [-0.15, -0.1) is 11.3 Å². The molecule has 6 heteroatoms. The number of benzene rings is 1. The molecule has 0 radical (unpaired) electrons. The number of hydrogen-bond donors (Lipinski definition) is 0. The third-order valence-corrected chi connectivity index (χ3v) is 5.28. The monoisotopic (exact) mass is 410 g/mol.